The molecule has 0 fully saturated rings. The fraction of sp³-hybridized carbons (Fsp3) is 0.417. The maximum atomic E-state index is 11.1. The van der Waals surface area contributed by atoms with Crippen LogP contribution >= 0.6 is 0 Å². The van der Waals surface area contributed by atoms with Crippen LogP contribution in [0.15, 0.2) is 24.3 Å². The van der Waals surface area contributed by atoms with Crippen LogP contribution in [0.5, 0.6) is 0 Å². The van der Waals surface area contributed by atoms with E-state index in [1.54, 1.807) is 38.1 Å². The number of aliphatic hydroxyl groups is 1. The minimum Gasteiger partial charge on any atom is -0.387 e. The highest BCUT2D eigenvalue weighted by atomic mass is 16.3. The fourth-order valence-electron chi connectivity index (χ4n) is 1.32. The first-order valence-corrected chi connectivity index (χ1v) is 5.38. The molecular formula is C12H18N2O2. The number of anilines is 1. The third kappa shape index (κ3) is 3.32. The molecule has 4 nitrogen and oxygen atoms in total. The Morgan fingerprint density at radius 3 is 2.44 bits per heavy atom. The second-order valence-corrected chi connectivity index (χ2v) is 3.83. The van der Waals surface area contributed by atoms with Crippen molar-refractivity contribution in [2.45, 2.75) is 32.4 Å². The monoisotopic (exact) mass is 222 g/mol. The number of carbonyl (C=O) groups is 1. The zero-order valence-electron chi connectivity index (χ0n) is 9.60. The molecule has 4 N–H and O–H groups in total. The molecule has 4 heteroatoms. The third-order valence-electron chi connectivity index (χ3n) is 2.36. The van der Waals surface area contributed by atoms with Gasteiger partial charge in [0.2, 0.25) is 5.91 Å². The number of carbonyl (C=O) groups excluding carboxylic acids is 1. The summed E-state index contributed by atoms with van der Waals surface area (Å²) >= 11 is 0. The highest BCUT2D eigenvalue weighted by Crippen LogP contribution is 2.18. The Morgan fingerprint density at radius 1 is 1.44 bits per heavy atom. The lowest BCUT2D eigenvalue weighted by Crippen LogP contribution is -2.24. The van der Waals surface area contributed by atoms with E-state index >= 15 is 0 Å². The van der Waals surface area contributed by atoms with Gasteiger partial charge in [0.05, 0.1) is 6.10 Å². The maximum Gasteiger partial charge on any atom is 0.224 e. The second-order valence-electron chi connectivity index (χ2n) is 3.83. The predicted octanol–water partition coefficient (Wildman–Crippen LogP) is 1.42. The number of rotatable bonds is 4. The first-order chi connectivity index (χ1) is 7.54. The molecule has 0 saturated carbocycles. The van der Waals surface area contributed by atoms with E-state index in [-0.39, 0.29) is 11.9 Å². The average Bonchev–Trinajstić information content (AvgIpc) is 2.28. The van der Waals surface area contributed by atoms with Crippen molar-refractivity contribution in [3.63, 3.8) is 0 Å². The summed E-state index contributed by atoms with van der Waals surface area (Å²) in [5.74, 6) is -0.0273. The van der Waals surface area contributed by atoms with Gasteiger partial charge >= 0.3 is 0 Å². The van der Waals surface area contributed by atoms with Crippen molar-refractivity contribution in [2.24, 2.45) is 5.73 Å². The summed E-state index contributed by atoms with van der Waals surface area (Å²) in [5.41, 5.74) is 7.07. The zero-order valence-corrected chi connectivity index (χ0v) is 9.60. The summed E-state index contributed by atoms with van der Waals surface area (Å²) in [6.45, 7) is 3.54. The van der Waals surface area contributed by atoms with Gasteiger partial charge in [0, 0.05) is 18.2 Å². The number of hydrogen-bond acceptors (Lipinski definition) is 3. The van der Waals surface area contributed by atoms with Gasteiger partial charge in [0.1, 0.15) is 0 Å². The summed E-state index contributed by atoms with van der Waals surface area (Å²) < 4.78 is 0. The van der Waals surface area contributed by atoms with E-state index in [1.165, 1.54) is 0 Å². The van der Waals surface area contributed by atoms with Crippen molar-refractivity contribution in [1.82, 2.24) is 0 Å². The van der Waals surface area contributed by atoms with Crippen LogP contribution in [0.1, 0.15) is 31.9 Å². The number of nitrogens with two attached hydrogens (primary N) is 1. The van der Waals surface area contributed by atoms with E-state index < -0.39 is 6.10 Å². The molecule has 0 aliphatic heterocycles. The molecule has 1 aromatic rings. The van der Waals surface area contributed by atoms with E-state index in [4.69, 9.17) is 5.73 Å². The van der Waals surface area contributed by atoms with Crippen LogP contribution in [0.3, 0.4) is 0 Å². The summed E-state index contributed by atoms with van der Waals surface area (Å²) in [7, 11) is 0. The lowest BCUT2D eigenvalue weighted by atomic mass is 10.0. The molecule has 2 unspecified atom stereocenters. The molecule has 2 atom stereocenters. The highest BCUT2D eigenvalue weighted by molar-refractivity contribution is 5.90. The number of hydrogen-bond donors (Lipinski definition) is 3. The number of benzene rings is 1. The van der Waals surface area contributed by atoms with E-state index in [0.29, 0.717) is 6.42 Å². The molecule has 16 heavy (non-hydrogen) atoms. The van der Waals surface area contributed by atoms with Crippen molar-refractivity contribution >= 4 is 11.6 Å². The SMILES string of the molecule is CCC(=O)Nc1ccc(C(O)C(C)N)cc1. The number of aliphatic hydroxyl groups excluding tert-OH is 1. The van der Waals surface area contributed by atoms with Crippen molar-refractivity contribution in [2.75, 3.05) is 5.32 Å². The van der Waals surface area contributed by atoms with Crippen LogP contribution in [0, 0.1) is 0 Å². The van der Waals surface area contributed by atoms with Gasteiger partial charge in [-0.3, -0.25) is 4.79 Å². The zero-order chi connectivity index (χ0) is 12.1. The van der Waals surface area contributed by atoms with Crippen LogP contribution in [-0.4, -0.2) is 17.1 Å². The van der Waals surface area contributed by atoms with Crippen molar-refractivity contribution in [3.8, 4) is 0 Å². The first kappa shape index (κ1) is 12.7. The van der Waals surface area contributed by atoms with Crippen molar-refractivity contribution in [1.29, 1.82) is 0 Å². The van der Waals surface area contributed by atoms with E-state index in [0.717, 1.165) is 11.3 Å². The van der Waals surface area contributed by atoms with Crippen LogP contribution < -0.4 is 11.1 Å². The highest BCUT2D eigenvalue weighted by Gasteiger charge is 2.11. The van der Waals surface area contributed by atoms with Gasteiger partial charge in [-0.1, -0.05) is 19.1 Å². The van der Waals surface area contributed by atoms with Gasteiger partial charge in [-0.25, -0.2) is 0 Å². The van der Waals surface area contributed by atoms with Gasteiger partial charge in [-0.15, -0.1) is 0 Å². The lowest BCUT2D eigenvalue weighted by molar-refractivity contribution is -0.115. The Labute approximate surface area is 95.5 Å². The van der Waals surface area contributed by atoms with Gasteiger partial charge < -0.3 is 16.2 Å². The molecule has 0 radical (unpaired) electrons. The van der Waals surface area contributed by atoms with E-state index in [2.05, 4.69) is 5.32 Å². The summed E-state index contributed by atoms with van der Waals surface area (Å²) in [6, 6.07) is 6.73. The predicted molar refractivity (Wildman–Crippen MR) is 64.0 cm³/mol. The van der Waals surface area contributed by atoms with Gasteiger partial charge in [0.15, 0.2) is 0 Å². The van der Waals surface area contributed by atoms with E-state index in [9.17, 15) is 9.90 Å². The minimum absolute atomic E-state index is 0.0273. The normalized spacial score (nSPS) is 14.2. The van der Waals surface area contributed by atoms with Crippen molar-refractivity contribution < 1.29 is 9.90 Å². The van der Waals surface area contributed by atoms with Gasteiger partial charge in [-0.05, 0) is 24.6 Å². The largest absolute Gasteiger partial charge is 0.387 e. The van der Waals surface area contributed by atoms with Crippen LogP contribution in [0.4, 0.5) is 5.69 Å². The summed E-state index contributed by atoms with van der Waals surface area (Å²) in [4.78, 5) is 11.1. The molecule has 1 aromatic carbocycles. The standard InChI is InChI=1S/C12H18N2O2/c1-3-11(15)14-10-6-4-9(5-7-10)12(16)8(2)13/h4-8,12,16H,3,13H2,1-2H3,(H,14,15). The maximum absolute atomic E-state index is 11.1. The van der Waals surface area contributed by atoms with Gasteiger partial charge in [-0.2, -0.15) is 0 Å². The average molecular weight is 222 g/mol. The molecule has 0 spiro atoms. The molecule has 0 aliphatic rings. The molecule has 0 aromatic heterocycles. The third-order valence-corrected chi connectivity index (χ3v) is 2.36. The molecule has 0 bridgehead atoms. The van der Waals surface area contributed by atoms with Gasteiger partial charge in [0.25, 0.3) is 0 Å². The molecule has 1 amide bonds. The Morgan fingerprint density at radius 2 is 2.00 bits per heavy atom. The van der Waals surface area contributed by atoms with E-state index in [1.807, 2.05) is 0 Å². The fourth-order valence-corrected chi connectivity index (χ4v) is 1.32. The molecular weight excluding hydrogens is 204 g/mol. The summed E-state index contributed by atoms with van der Waals surface area (Å²) in [6.07, 6.45) is -0.222. The van der Waals surface area contributed by atoms with Crippen LogP contribution in [0.25, 0.3) is 0 Å². The minimum atomic E-state index is -0.670. The Bertz CT molecular complexity index is 347. The van der Waals surface area contributed by atoms with Crippen LogP contribution in [0.2, 0.25) is 0 Å². The quantitative estimate of drug-likeness (QED) is 0.721. The second kappa shape index (κ2) is 5.63. The van der Waals surface area contributed by atoms with Crippen molar-refractivity contribution in [3.05, 3.63) is 29.8 Å². The topological polar surface area (TPSA) is 75.3 Å². The molecule has 0 heterocycles. The Balaban J connectivity index is 2.71. The number of nitrogens with one attached hydrogen (secondary N) is 1. The molecule has 88 valence electrons. The smallest absolute Gasteiger partial charge is 0.224 e. The molecule has 0 saturated heterocycles. The number of amides is 1. The molecule has 0 aliphatic carbocycles. The Kier molecular flexibility index (Phi) is 4.46. The Hall–Kier alpha value is -1.39. The first-order valence-electron chi connectivity index (χ1n) is 5.38. The van der Waals surface area contributed by atoms with Crippen LogP contribution in [-0.2, 0) is 4.79 Å². The lowest BCUT2D eigenvalue weighted by Gasteiger charge is -2.15. The molecule has 1 rings (SSSR count). The summed E-state index contributed by atoms with van der Waals surface area (Å²) in [5, 5.41) is 12.4.